The van der Waals surface area contributed by atoms with Gasteiger partial charge in [0.25, 0.3) is 15.9 Å². The quantitative estimate of drug-likeness (QED) is 0.490. The maximum Gasteiger partial charge on any atom is 0.305 e. The second-order valence-corrected chi connectivity index (χ2v) is 8.98. The van der Waals surface area contributed by atoms with Crippen LogP contribution in [-0.2, 0) is 16.4 Å². The van der Waals surface area contributed by atoms with Crippen molar-refractivity contribution in [3.63, 3.8) is 0 Å². The van der Waals surface area contributed by atoms with Crippen LogP contribution < -0.4 is 15.7 Å². The predicted octanol–water partition coefficient (Wildman–Crippen LogP) is 2.08. The fourth-order valence-electron chi connectivity index (χ4n) is 3.51. The Labute approximate surface area is 190 Å². The fourth-order valence-corrected chi connectivity index (χ4v) is 4.36. The lowest BCUT2D eigenvalue weighted by molar-refractivity contribution is 0.0829. The Hall–Kier alpha value is -3.99. The number of hydrazone groups is 1. The molecule has 2 aromatic heterocycles. The van der Waals surface area contributed by atoms with Gasteiger partial charge in [-0.25, -0.2) is 0 Å². The van der Waals surface area contributed by atoms with Gasteiger partial charge in [-0.3, -0.25) is 25.4 Å². The summed E-state index contributed by atoms with van der Waals surface area (Å²) in [7, 11) is -3.83. The molecule has 0 saturated carbocycles. The van der Waals surface area contributed by atoms with Crippen LogP contribution in [0, 0.1) is 6.92 Å². The van der Waals surface area contributed by atoms with E-state index < -0.39 is 21.8 Å². The smallest absolute Gasteiger partial charge is 0.305 e. The van der Waals surface area contributed by atoms with Gasteiger partial charge in [0, 0.05) is 35.5 Å². The van der Waals surface area contributed by atoms with E-state index in [4.69, 9.17) is 4.42 Å². The summed E-state index contributed by atoms with van der Waals surface area (Å²) in [5, 5.41) is 4.13. The number of aryl methyl sites for hydroxylation is 1. The molecule has 0 unspecified atom stereocenters. The SMILES string of the molecule is Cc1c(C(=O)NNC(=O)c2ccncc2)oc2c1/C(=N/NS(=O)(=O)c1ccccc1)CCC2. The molecule has 4 rings (SSSR count). The summed E-state index contributed by atoms with van der Waals surface area (Å²) in [5.41, 5.74) is 6.60. The van der Waals surface area contributed by atoms with Gasteiger partial charge in [-0.2, -0.15) is 18.4 Å². The Balaban J connectivity index is 1.52. The van der Waals surface area contributed by atoms with Gasteiger partial charge in [-0.15, -0.1) is 0 Å². The lowest BCUT2D eigenvalue weighted by atomic mass is 9.93. The largest absolute Gasteiger partial charge is 0.455 e. The Morgan fingerprint density at radius 1 is 1.00 bits per heavy atom. The molecule has 11 heteroatoms. The number of sulfonamides is 1. The predicted molar refractivity (Wildman–Crippen MR) is 119 cm³/mol. The number of aromatic nitrogens is 1. The van der Waals surface area contributed by atoms with Crippen molar-refractivity contribution >= 4 is 27.5 Å². The van der Waals surface area contributed by atoms with E-state index in [1.165, 1.54) is 36.7 Å². The number of carbonyl (C=O) groups is 2. The van der Waals surface area contributed by atoms with Gasteiger partial charge in [0.1, 0.15) is 5.76 Å². The van der Waals surface area contributed by atoms with Gasteiger partial charge in [0.05, 0.1) is 10.6 Å². The molecule has 1 aromatic carbocycles. The van der Waals surface area contributed by atoms with Crippen LogP contribution in [0.1, 0.15) is 50.6 Å². The van der Waals surface area contributed by atoms with Crippen LogP contribution in [0.2, 0.25) is 0 Å². The van der Waals surface area contributed by atoms with Gasteiger partial charge in [0.2, 0.25) is 0 Å². The summed E-state index contributed by atoms with van der Waals surface area (Å²) in [6, 6.07) is 10.9. The average molecular weight is 468 g/mol. The Morgan fingerprint density at radius 2 is 1.70 bits per heavy atom. The molecule has 0 aliphatic heterocycles. The fraction of sp³-hybridized carbons (Fsp3) is 0.182. The lowest BCUT2D eigenvalue weighted by Crippen LogP contribution is -2.41. The second kappa shape index (κ2) is 9.25. The minimum Gasteiger partial charge on any atom is -0.455 e. The number of hydrazine groups is 1. The van der Waals surface area contributed by atoms with E-state index in [1.54, 1.807) is 25.1 Å². The molecule has 1 aliphatic rings. The third-order valence-corrected chi connectivity index (χ3v) is 6.34. The van der Waals surface area contributed by atoms with Crippen LogP contribution in [0.3, 0.4) is 0 Å². The van der Waals surface area contributed by atoms with E-state index >= 15 is 0 Å². The zero-order valence-corrected chi connectivity index (χ0v) is 18.5. The lowest BCUT2D eigenvalue weighted by Gasteiger charge is -2.14. The van der Waals surface area contributed by atoms with E-state index in [2.05, 4.69) is 25.8 Å². The monoisotopic (exact) mass is 467 g/mol. The summed E-state index contributed by atoms with van der Waals surface area (Å²) in [5.74, 6) is -0.566. The zero-order chi connectivity index (χ0) is 23.4. The normalized spacial score (nSPS) is 14.4. The molecule has 33 heavy (non-hydrogen) atoms. The number of rotatable bonds is 5. The molecule has 1 aliphatic carbocycles. The summed E-state index contributed by atoms with van der Waals surface area (Å²) in [4.78, 5) is 31.0. The standard InChI is InChI=1S/C22H21N5O5S/c1-14-19-17(24-27-33(30,31)16-6-3-2-4-7-16)8-5-9-18(19)32-20(14)22(29)26-25-21(28)15-10-12-23-13-11-15/h2-4,6-7,10-13,27H,5,8-9H2,1H3,(H,25,28)(H,26,29)/b24-17+. The molecule has 10 nitrogen and oxygen atoms in total. The van der Waals surface area contributed by atoms with Gasteiger partial charge < -0.3 is 4.42 Å². The highest BCUT2D eigenvalue weighted by molar-refractivity contribution is 7.89. The Morgan fingerprint density at radius 3 is 2.42 bits per heavy atom. The maximum absolute atomic E-state index is 12.6. The number of nitrogens with one attached hydrogen (secondary N) is 3. The highest BCUT2D eigenvalue weighted by atomic mass is 32.2. The molecule has 2 amide bonds. The molecule has 0 atom stereocenters. The topological polar surface area (TPSA) is 143 Å². The minimum absolute atomic E-state index is 0.0237. The number of pyridine rings is 1. The van der Waals surface area contributed by atoms with Gasteiger partial charge >= 0.3 is 5.91 Å². The third-order valence-electron chi connectivity index (χ3n) is 5.12. The highest BCUT2D eigenvalue weighted by Gasteiger charge is 2.28. The number of carbonyl (C=O) groups excluding carboxylic acids is 2. The molecular weight excluding hydrogens is 446 g/mol. The summed E-state index contributed by atoms with van der Waals surface area (Å²) < 4.78 is 30.8. The number of furan rings is 1. The first-order valence-corrected chi connectivity index (χ1v) is 11.6. The van der Waals surface area contributed by atoms with Crippen LogP contribution >= 0.6 is 0 Å². The molecule has 0 radical (unpaired) electrons. The van der Waals surface area contributed by atoms with Crippen molar-refractivity contribution in [1.29, 1.82) is 0 Å². The van der Waals surface area contributed by atoms with E-state index in [-0.39, 0.29) is 10.7 Å². The molecule has 0 saturated heterocycles. The Bertz CT molecular complexity index is 1320. The first-order chi connectivity index (χ1) is 15.9. The van der Waals surface area contributed by atoms with E-state index in [0.717, 1.165) is 0 Å². The number of hydrogen-bond donors (Lipinski definition) is 3. The van der Waals surface area contributed by atoms with Crippen LogP contribution in [0.5, 0.6) is 0 Å². The highest BCUT2D eigenvalue weighted by Crippen LogP contribution is 2.30. The second-order valence-electron chi connectivity index (χ2n) is 7.32. The summed E-state index contributed by atoms with van der Waals surface area (Å²) >= 11 is 0. The molecule has 0 spiro atoms. The molecule has 3 N–H and O–H groups in total. The van der Waals surface area contributed by atoms with Crippen molar-refractivity contribution in [1.82, 2.24) is 20.7 Å². The molecular formula is C22H21N5O5S. The summed E-state index contributed by atoms with van der Waals surface area (Å²) in [6.45, 7) is 1.69. The first-order valence-electron chi connectivity index (χ1n) is 10.1. The van der Waals surface area contributed by atoms with Crippen LogP contribution in [0.15, 0.2) is 69.3 Å². The molecule has 0 fully saturated rings. The number of nitrogens with zero attached hydrogens (tertiary/aromatic N) is 2. The van der Waals surface area contributed by atoms with E-state index in [0.29, 0.717) is 47.4 Å². The van der Waals surface area contributed by atoms with E-state index in [9.17, 15) is 18.0 Å². The first kappa shape index (κ1) is 22.2. The van der Waals surface area contributed by atoms with Crippen LogP contribution in [0.4, 0.5) is 0 Å². The number of hydrogen-bond acceptors (Lipinski definition) is 7. The number of fused-ring (bicyclic) bond motifs is 1. The van der Waals surface area contributed by atoms with Gasteiger partial charge in [-0.1, -0.05) is 18.2 Å². The van der Waals surface area contributed by atoms with Gasteiger partial charge in [-0.05, 0) is 44.0 Å². The van der Waals surface area contributed by atoms with Crippen molar-refractivity contribution in [3.05, 3.63) is 83.1 Å². The third kappa shape index (κ3) is 4.77. The van der Waals surface area contributed by atoms with Crippen LogP contribution in [-0.4, -0.2) is 30.9 Å². The van der Waals surface area contributed by atoms with Crippen molar-refractivity contribution in [2.24, 2.45) is 5.10 Å². The minimum atomic E-state index is -3.83. The molecule has 0 bridgehead atoms. The van der Waals surface area contributed by atoms with Crippen molar-refractivity contribution in [2.45, 2.75) is 31.1 Å². The molecule has 170 valence electrons. The van der Waals surface area contributed by atoms with Crippen LogP contribution in [0.25, 0.3) is 0 Å². The molecule has 2 heterocycles. The van der Waals surface area contributed by atoms with Crippen molar-refractivity contribution < 1.29 is 22.4 Å². The maximum atomic E-state index is 12.6. The van der Waals surface area contributed by atoms with E-state index in [1.807, 2.05) is 0 Å². The zero-order valence-electron chi connectivity index (χ0n) is 17.7. The number of amides is 2. The Kier molecular flexibility index (Phi) is 6.22. The average Bonchev–Trinajstić information content (AvgIpc) is 3.19. The van der Waals surface area contributed by atoms with Gasteiger partial charge in [0.15, 0.2) is 5.76 Å². The molecule has 3 aromatic rings. The number of benzene rings is 1. The summed E-state index contributed by atoms with van der Waals surface area (Å²) in [6.07, 6.45) is 4.72. The van der Waals surface area contributed by atoms with Crippen molar-refractivity contribution in [3.8, 4) is 0 Å². The van der Waals surface area contributed by atoms with Crippen molar-refractivity contribution in [2.75, 3.05) is 0 Å².